The summed E-state index contributed by atoms with van der Waals surface area (Å²) in [6, 6.07) is 15.5. The number of benzene rings is 3. The Hall–Kier alpha value is -3.64. The smallest absolute Gasteiger partial charge is 0.336 e. The van der Waals surface area contributed by atoms with Crippen LogP contribution >= 0.6 is 12.2 Å². The van der Waals surface area contributed by atoms with Crippen LogP contribution in [0.4, 0.5) is 5.69 Å². The summed E-state index contributed by atoms with van der Waals surface area (Å²) >= 11 is 5.46. The number of hydrogen-bond donors (Lipinski definition) is 3. The van der Waals surface area contributed by atoms with Gasteiger partial charge >= 0.3 is 5.97 Å². The molecular weight excluding hydrogens is 422 g/mol. The topological polar surface area (TPSA) is 78.8 Å². The Morgan fingerprint density at radius 1 is 1.00 bits per heavy atom. The lowest BCUT2D eigenvalue weighted by atomic mass is 9.89. The number of nitrogens with one attached hydrogen (secondary N) is 1. The number of fused-ring (bicyclic) bond motifs is 2. The number of carboxylic acid groups (broad SMARTS) is 1. The van der Waals surface area contributed by atoms with Gasteiger partial charge in [-0.15, -0.1) is 0 Å². The maximum atomic E-state index is 12.3. The fourth-order valence-corrected chi connectivity index (χ4v) is 3.67. The number of rotatable bonds is 3. The maximum Gasteiger partial charge on any atom is 0.336 e. The Bertz CT molecular complexity index is 1390. The zero-order valence-electron chi connectivity index (χ0n) is 18.0. The van der Waals surface area contributed by atoms with Crippen molar-refractivity contribution in [1.82, 2.24) is 0 Å². The van der Waals surface area contributed by atoms with E-state index in [1.165, 1.54) is 6.07 Å². The van der Waals surface area contributed by atoms with Gasteiger partial charge in [0.2, 0.25) is 0 Å². The second-order valence-corrected chi connectivity index (χ2v) is 9.17. The van der Waals surface area contributed by atoms with E-state index in [4.69, 9.17) is 17.0 Å². The van der Waals surface area contributed by atoms with Crippen molar-refractivity contribution in [2.75, 3.05) is 5.32 Å². The van der Waals surface area contributed by atoms with Crippen LogP contribution in [0.5, 0.6) is 17.2 Å². The van der Waals surface area contributed by atoms with Gasteiger partial charge in [-0.3, -0.25) is 0 Å². The van der Waals surface area contributed by atoms with E-state index in [0.29, 0.717) is 38.9 Å². The van der Waals surface area contributed by atoms with Crippen LogP contribution in [0.15, 0.2) is 54.6 Å². The molecule has 6 heteroatoms. The van der Waals surface area contributed by atoms with Crippen LogP contribution in [0.1, 0.15) is 42.3 Å². The predicted octanol–water partition coefficient (Wildman–Crippen LogP) is 4.64. The highest BCUT2D eigenvalue weighted by Crippen LogP contribution is 2.39. The first-order chi connectivity index (χ1) is 15.0. The Morgan fingerprint density at radius 2 is 1.72 bits per heavy atom. The predicted molar refractivity (Wildman–Crippen MR) is 130 cm³/mol. The molecule has 1 heterocycles. The molecule has 1 aliphatic rings. The summed E-state index contributed by atoms with van der Waals surface area (Å²) in [6.45, 7) is 9.93. The van der Waals surface area contributed by atoms with Gasteiger partial charge in [0.25, 0.3) is 0 Å². The lowest BCUT2D eigenvalue weighted by molar-refractivity contribution is 0.0696. The number of carbonyl (C=O) groups is 1. The Labute approximate surface area is 191 Å². The number of phenols is 1. The molecule has 0 aliphatic carbocycles. The van der Waals surface area contributed by atoms with Crippen molar-refractivity contribution in [3.63, 3.8) is 0 Å². The Morgan fingerprint density at radius 3 is 2.41 bits per heavy atom. The zero-order chi connectivity index (χ0) is 23.2. The fourth-order valence-electron chi connectivity index (χ4n) is 3.55. The first-order valence-electron chi connectivity index (χ1n) is 10.1. The third-order valence-corrected chi connectivity index (χ3v) is 5.94. The molecule has 0 aromatic heterocycles. The monoisotopic (exact) mass is 445 g/mol. The first-order valence-corrected chi connectivity index (χ1v) is 10.5. The van der Waals surface area contributed by atoms with Crippen LogP contribution in [0, 0.1) is 5.41 Å². The normalized spacial score (nSPS) is 12.4. The number of aromatic hydroxyl groups is 1. The van der Waals surface area contributed by atoms with Crippen molar-refractivity contribution in [3.8, 4) is 17.2 Å². The SMILES string of the molecule is C=c1ccc2c(c1)Oc1cc(O)ccc1C=2c1ccc(NC(=S)C(C)(C)C)cc1C(=O)O. The molecular formula is C26H23NO4S. The summed E-state index contributed by atoms with van der Waals surface area (Å²) in [6.07, 6.45) is 0. The first kappa shape index (κ1) is 21.6. The highest BCUT2D eigenvalue weighted by atomic mass is 32.1. The number of aromatic carboxylic acids is 1. The summed E-state index contributed by atoms with van der Waals surface area (Å²) in [4.78, 5) is 12.9. The van der Waals surface area contributed by atoms with Gasteiger partial charge in [0.05, 0.1) is 10.6 Å². The molecule has 0 saturated heterocycles. The van der Waals surface area contributed by atoms with Crippen molar-refractivity contribution in [2.45, 2.75) is 20.8 Å². The van der Waals surface area contributed by atoms with Crippen LogP contribution in [-0.2, 0) is 0 Å². The van der Waals surface area contributed by atoms with E-state index >= 15 is 0 Å². The lowest BCUT2D eigenvalue weighted by Gasteiger charge is -2.24. The number of carboxylic acids is 1. The molecule has 0 saturated carbocycles. The van der Waals surface area contributed by atoms with E-state index in [2.05, 4.69) is 11.9 Å². The van der Waals surface area contributed by atoms with Crippen LogP contribution in [-0.4, -0.2) is 21.2 Å². The van der Waals surface area contributed by atoms with Gasteiger partial charge in [-0.1, -0.05) is 57.8 Å². The van der Waals surface area contributed by atoms with Crippen LogP contribution in [0.2, 0.25) is 0 Å². The van der Waals surface area contributed by atoms with Crippen molar-refractivity contribution in [3.05, 3.63) is 81.7 Å². The molecule has 0 fully saturated rings. The molecule has 3 N–H and O–H groups in total. The van der Waals surface area contributed by atoms with E-state index in [-0.39, 0.29) is 16.7 Å². The van der Waals surface area contributed by atoms with Gasteiger partial charge in [-0.25, -0.2) is 4.79 Å². The Balaban J connectivity index is 1.97. The molecule has 3 aromatic rings. The molecule has 4 rings (SSSR count). The molecule has 0 bridgehead atoms. The fraction of sp³-hybridized carbons (Fsp3) is 0.154. The number of anilines is 1. The molecule has 1 aliphatic heterocycles. The zero-order valence-corrected chi connectivity index (χ0v) is 18.8. The molecule has 0 radical (unpaired) electrons. The van der Waals surface area contributed by atoms with E-state index in [1.54, 1.807) is 30.3 Å². The van der Waals surface area contributed by atoms with Gasteiger partial charge in [-0.05, 0) is 41.1 Å². The second kappa shape index (κ2) is 7.80. The van der Waals surface area contributed by atoms with Crippen molar-refractivity contribution in [2.24, 2.45) is 5.41 Å². The highest BCUT2D eigenvalue weighted by molar-refractivity contribution is 7.80. The van der Waals surface area contributed by atoms with Crippen LogP contribution in [0.3, 0.4) is 0 Å². The van der Waals surface area contributed by atoms with E-state index in [0.717, 1.165) is 10.4 Å². The molecule has 0 spiro atoms. The number of phenolic OH excluding ortho intramolecular Hbond substituents is 1. The highest BCUT2D eigenvalue weighted by Gasteiger charge is 2.25. The number of ether oxygens (including phenoxy) is 1. The summed E-state index contributed by atoms with van der Waals surface area (Å²) in [5.41, 5.74) is 2.44. The summed E-state index contributed by atoms with van der Waals surface area (Å²) in [7, 11) is 0. The second-order valence-electron chi connectivity index (χ2n) is 8.76. The minimum Gasteiger partial charge on any atom is -0.508 e. The minimum absolute atomic E-state index is 0.0611. The third-order valence-electron chi connectivity index (χ3n) is 5.23. The summed E-state index contributed by atoms with van der Waals surface area (Å²) < 4.78 is 6.01. The van der Waals surface area contributed by atoms with Gasteiger partial charge in [-0.2, -0.15) is 0 Å². The van der Waals surface area contributed by atoms with Crippen molar-refractivity contribution in [1.29, 1.82) is 0 Å². The molecule has 32 heavy (non-hydrogen) atoms. The molecule has 0 amide bonds. The van der Waals surface area contributed by atoms with Crippen molar-refractivity contribution < 1.29 is 19.7 Å². The molecule has 3 aromatic carbocycles. The largest absolute Gasteiger partial charge is 0.508 e. The summed E-state index contributed by atoms with van der Waals surface area (Å²) in [5.74, 6) is 0.00889. The average molecular weight is 446 g/mol. The lowest BCUT2D eigenvalue weighted by Crippen LogP contribution is -2.26. The minimum atomic E-state index is -1.06. The standard InChI is InChI=1S/C26H23NO4S/c1-14-5-8-18-21(11-14)31-22-13-16(28)7-10-19(22)23(18)17-9-6-15(12-20(17)24(29)30)27-25(32)26(2,3)4/h5-13,28H,1H2,2-4H3,(H,27,32)(H,29,30). The van der Waals surface area contributed by atoms with Gasteiger partial charge in [0, 0.05) is 33.5 Å². The molecule has 0 unspecified atom stereocenters. The van der Waals surface area contributed by atoms with Crippen molar-refractivity contribution >= 4 is 41.0 Å². The van der Waals surface area contributed by atoms with E-state index < -0.39 is 5.97 Å². The van der Waals surface area contributed by atoms with Crippen LogP contribution in [0.25, 0.3) is 12.2 Å². The quantitative estimate of drug-likeness (QED) is 0.399. The molecule has 0 atom stereocenters. The number of hydrogen-bond acceptors (Lipinski definition) is 4. The average Bonchev–Trinajstić information content (AvgIpc) is 2.71. The Kier molecular flexibility index (Phi) is 5.26. The molecule has 162 valence electrons. The van der Waals surface area contributed by atoms with E-state index in [9.17, 15) is 15.0 Å². The summed E-state index contributed by atoms with van der Waals surface area (Å²) in [5, 5.41) is 24.7. The van der Waals surface area contributed by atoms with Gasteiger partial charge in [0.1, 0.15) is 17.2 Å². The third kappa shape index (κ3) is 3.97. The van der Waals surface area contributed by atoms with Gasteiger partial charge in [0.15, 0.2) is 0 Å². The maximum absolute atomic E-state index is 12.3. The van der Waals surface area contributed by atoms with Crippen LogP contribution < -0.4 is 20.5 Å². The van der Waals surface area contributed by atoms with Gasteiger partial charge < -0.3 is 20.3 Å². The molecule has 5 nitrogen and oxygen atoms in total. The van der Waals surface area contributed by atoms with E-state index in [1.807, 2.05) is 39.0 Å². The number of thiocarbonyl (C=S) groups is 1.